The van der Waals surface area contributed by atoms with Gasteiger partial charge in [0.25, 0.3) is 0 Å². The molecule has 5 nitrogen and oxygen atoms in total. The van der Waals surface area contributed by atoms with Crippen molar-refractivity contribution in [3.63, 3.8) is 0 Å². The summed E-state index contributed by atoms with van der Waals surface area (Å²) in [4.78, 5) is 7.57. The number of rotatable bonds is 0. The fourth-order valence-corrected chi connectivity index (χ4v) is 0.625. The highest BCUT2D eigenvalue weighted by molar-refractivity contribution is 8.93. The minimum atomic E-state index is -2.86. The van der Waals surface area contributed by atoms with Crippen LogP contribution in [0.3, 0.4) is 0 Å². The predicted octanol–water partition coefficient (Wildman–Crippen LogP) is 2.08. The van der Waals surface area contributed by atoms with E-state index in [1.54, 1.807) is 24.8 Å². The molecule has 0 radical (unpaired) electrons. The van der Waals surface area contributed by atoms with E-state index in [1.807, 2.05) is 36.4 Å². The Kier molecular flexibility index (Phi) is 15.9. The van der Waals surface area contributed by atoms with Crippen LogP contribution in [-0.2, 0) is 11.4 Å². The van der Waals surface area contributed by atoms with E-state index in [0.29, 0.717) is 0 Å². The number of hydrogen-bond acceptors (Lipinski definition) is 4. The zero-order valence-corrected chi connectivity index (χ0v) is 11.3. The van der Waals surface area contributed by atoms with Gasteiger partial charge < -0.3 is 9.11 Å². The summed E-state index contributed by atoms with van der Waals surface area (Å²) in [7, 11) is 0. The quantitative estimate of drug-likeness (QED) is 0.751. The summed E-state index contributed by atoms with van der Waals surface area (Å²) < 4.78 is 24.1. The molecule has 7 heteroatoms. The fraction of sp³-hybridized carbons (Fsp3) is 0. The van der Waals surface area contributed by atoms with E-state index >= 15 is 0 Å². The third-order valence-corrected chi connectivity index (χ3v) is 1.13. The molecule has 2 aromatic heterocycles. The van der Waals surface area contributed by atoms with Crippen LogP contribution in [0.4, 0.5) is 0 Å². The van der Waals surface area contributed by atoms with Gasteiger partial charge in [-0.05, 0) is 24.3 Å². The lowest BCUT2D eigenvalue weighted by Gasteiger charge is -1.83. The first-order valence-electron chi connectivity index (χ1n) is 4.22. The first-order valence-corrected chi connectivity index (χ1v) is 5.25. The lowest BCUT2D eigenvalue weighted by Crippen LogP contribution is -1.75. The molecule has 0 aliphatic carbocycles. The minimum Gasteiger partial charge on any atom is -0.750 e. The van der Waals surface area contributed by atoms with Crippen molar-refractivity contribution in [3.05, 3.63) is 61.2 Å². The van der Waals surface area contributed by atoms with Crippen LogP contribution < -0.4 is 0 Å². The third-order valence-electron chi connectivity index (χ3n) is 1.13. The van der Waals surface area contributed by atoms with Crippen molar-refractivity contribution < 1.29 is 13.3 Å². The third kappa shape index (κ3) is 20.8. The van der Waals surface area contributed by atoms with Gasteiger partial charge in [-0.3, -0.25) is 9.97 Å². The van der Waals surface area contributed by atoms with Crippen molar-refractivity contribution in [2.24, 2.45) is 0 Å². The molecule has 0 aliphatic rings. The van der Waals surface area contributed by atoms with Crippen LogP contribution in [-0.4, -0.2) is 23.3 Å². The standard InChI is InChI=1S/2C5H5N.BrH.H2O3S/c2*1-2-4-6-5-3-1;;1-4(2)3/h2*1-5H;1H;(H2,1,2,3)/p-1. The van der Waals surface area contributed by atoms with E-state index in [9.17, 15) is 0 Å². The van der Waals surface area contributed by atoms with Crippen LogP contribution in [0.1, 0.15) is 0 Å². The lowest BCUT2D eigenvalue weighted by molar-refractivity contribution is 0.436. The van der Waals surface area contributed by atoms with Crippen LogP contribution in [0.15, 0.2) is 61.2 Å². The van der Waals surface area contributed by atoms with Gasteiger partial charge in [-0.25, -0.2) is 4.21 Å². The summed E-state index contributed by atoms with van der Waals surface area (Å²) in [6, 6.07) is 11.4. The zero-order chi connectivity index (χ0) is 12.1. The van der Waals surface area contributed by atoms with Crippen molar-refractivity contribution in [1.29, 1.82) is 0 Å². The van der Waals surface area contributed by atoms with Crippen molar-refractivity contribution in [2.45, 2.75) is 0 Å². The molecule has 0 saturated heterocycles. The van der Waals surface area contributed by atoms with Gasteiger partial charge in [0.15, 0.2) is 0 Å². The molecule has 2 heterocycles. The second-order valence-corrected chi connectivity index (χ2v) is 2.70. The van der Waals surface area contributed by atoms with Gasteiger partial charge in [-0.1, -0.05) is 12.1 Å². The minimum absolute atomic E-state index is 0. The molecule has 2 aromatic rings. The van der Waals surface area contributed by atoms with Gasteiger partial charge in [0.2, 0.25) is 0 Å². The van der Waals surface area contributed by atoms with Crippen LogP contribution in [0.25, 0.3) is 0 Å². The van der Waals surface area contributed by atoms with E-state index in [4.69, 9.17) is 13.3 Å². The maximum absolute atomic E-state index is 8.56. The molecule has 1 unspecified atom stereocenters. The summed E-state index contributed by atoms with van der Waals surface area (Å²) in [5, 5.41) is 0. The van der Waals surface area contributed by atoms with E-state index in [1.165, 1.54) is 0 Å². The van der Waals surface area contributed by atoms with Gasteiger partial charge in [0.1, 0.15) is 0 Å². The average Bonchev–Trinajstić information content (AvgIpc) is 2.34. The molecular weight excluding hydrogens is 308 g/mol. The van der Waals surface area contributed by atoms with E-state index in [0.717, 1.165) is 0 Å². The highest BCUT2D eigenvalue weighted by Gasteiger charge is 1.59. The Morgan fingerprint density at radius 1 is 0.824 bits per heavy atom. The molecule has 0 spiro atoms. The Morgan fingerprint density at radius 3 is 1.12 bits per heavy atom. The summed E-state index contributed by atoms with van der Waals surface area (Å²) in [5.74, 6) is 0. The SMILES string of the molecule is Br.O=S([O-])O.c1ccncc1.c1ccncc1. The molecular formula is C10H12BrN2O3S-. The molecule has 0 fully saturated rings. The van der Waals surface area contributed by atoms with Crippen LogP contribution in [0, 0.1) is 0 Å². The van der Waals surface area contributed by atoms with Crippen LogP contribution in [0.5, 0.6) is 0 Å². The molecule has 0 bridgehead atoms. The maximum Gasteiger partial charge on any atom is 0.0814 e. The molecule has 94 valence electrons. The second kappa shape index (κ2) is 14.8. The maximum atomic E-state index is 8.56. The van der Waals surface area contributed by atoms with Crippen molar-refractivity contribution in [1.82, 2.24) is 9.97 Å². The molecule has 1 N–H and O–H groups in total. The summed E-state index contributed by atoms with van der Waals surface area (Å²) in [6.45, 7) is 0. The Morgan fingerprint density at radius 2 is 1.06 bits per heavy atom. The van der Waals surface area contributed by atoms with Gasteiger partial charge >= 0.3 is 0 Å². The largest absolute Gasteiger partial charge is 0.750 e. The van der Waals surface area contributed by atoms with Crippen molar-refractivity contribution in [2.75, 3.05) is 0 Å². The smallest absolute Gasteiger partial charge is 0.0814 e. The number of halogens is 1. The topological polar surface area (TPSA) is 86.1 Å². The first kappa shape index (κ1) is 18.2. The van der Waals surface area contributed by atoms with E-state index in [2.05, 4.69) is 9.97 Å². The van der Waals surface area contributed by atoms with E-state index in [-0.39, 0.29) is 17.0 Å². The Balaban J connectivity index is 0. The summed E-state index contributed by atoms with van der Waals surface area (Å²) in [6.07, 6.45) is 7.00. The Labute approximate surface area is 113 Å². The molecule has 17 heavy (non-hydrogen) atoms. The molecule has 0 amide bonds. The fourth-order valence-electron chi connectivity index (χ4n) is 0.625. The van der Waals surface area contributed by atoms with Gasteiger partial charge in [0.05, 0.1) is 11.4 Å². The van der Waals surface area contributed by atoms with Crippen LogP contribution >= 0.6 is 17.0 Å². The number of nitrogens with zero attached hydrogens (tertiary/aromatic N) is 2. The normalized spacial score (nSPS) is 9.29. The van der Waals surface area contributed by atoms with Gasteiger partial charge in [-0.2, -0.15) is 0 Å². The Bertz CT molecular complexity index is 276. The van der Waals surface area contributed by atoms with Crippen molar-refractivity contribution in [3.8, 4) is 0 Å². The number of aromatic nitrogens is 2. The average molecular weight is 320 g/mol. The highest BCUT2D eigenvalue weighted by Crippen LogP contribution is 1.74. The Hall–Kier alpha value is -1.15. The molecule has 1 atom stereocenters. The summed E-state index contributed by atoms with van der Waals surface area (Å²) >= 11 is -2.86. The van der Waals surface area contributed by atoms with Crippen LogP contribution in [0.2, 0.25) is 0 Å². The molecule has 0 saturated carbocycles. The van der Waals surface area contributed by atoms with Crippen molar-refractivity contribution >= 4 is 28.3 Å². The molecule has 0 aliphatic heterocycles. The highest BCUT2D eigenvalue weighted by atomic mass is 79.9. The number of hydrogen-bond donors (Lipinski definition) is 1. The van der Waals surface area contributed by atoms with Gasteiger partial charge in [-0.15, -0.1) is 17.0 Å². The zero-order valence-electron chi connectivity index (χ0n) is 8.75. The molecule has 2 rings (SSSR count). The predicted molar refractivity (Wildman–Crippen MR) is 70.3 cm³/mol. The van der Waals surface area contributed by atoms with E-state index < -0.39 is 11.4 Å². The first-order chi connectivity index (χ1) is 7.73. The second-order valence-electron chi connectivity index (χ2n) is 2.27. The number of pyridine rings is 2. The lowest BCUT2D eigenvalue weighted by atomic mass is 10.5. The molecule has 0 aromatic carbocycles. The monoisotopic (exact) mass is 319 g/mol. The van der Waals surface area contributed by atoms with Gasteiger partial charge in [0, 0.05) is 24.8 Å². The summed E-state index contributed by atoms with van der Waals surface area (Å²) in [5.41, 5.74) is 0.